The molecule has 1 aliphatic heterocycles. The third-order valence-electron chi connectivity index (χ3n) is 3.24. The van der Waals surface area contributed by atoms with E-state index in [4.69, 9.17) is 9.84 Å². The largest absolute Gasteiger partial charge is 0.465 e. The van der Waals surface area contributed by atoms with E-state index < -0.39 is 0 Å². The third kappa shape index (κ3) is 3.46. The SMILES string of the molecule is CCOC(=O)C(C)N1CCCC1CCCO. The van der Waals surface area contributed by atoms with Gasteiger partial charge in [0, 0.05) is 12.6 Å². The number of carbonyl (C=O) groups excluding carboxylic acids is 1. The van der Waals surface area contributed by atoms with Crippen LogP contribution in [0.3, 0.4) is 0 Å². The first-order valence-electron chi connectivity index (χ1n) is 6.24. The van der Waals surface area contributed by atoms with Crippen molar-refractivity contribution in [1.29, 1.82) is 0 Å². The molecule has 0 saturated carbocycles. The van der Waals surface area contributed by atoms with Gasteiger partial charge in [-0.1, -0.05) is 0 Å². The number of aliphatic hydroxyl groups is 1. The Kier molecular flexibility index (Phi) is 5.77. The minimum Gasteiger partial charge on any atom is -0.465 e. The van der Waals surface area contributed by atoms with Crippen LogP contribution in [-0.2, 0) is 9.53 Å². The molecule has 0 radical (unpaired) electrons. The van der Waals surface area contributed by atoms with Crippen LogP contribution in [0.15, 0.2) is 0 Å². The summed E-state index contributed by atoms with van der Waals surface area (Å²) in [6.45, 7) is 5.39. The van der Waals surface area contributed by atoms with Gasteiger partial charge in [-0.25, -0.2) is 0 Å². The molecule has 0 aromatic rings. The van der Waals surface area contributed by atoms with Crippen molar-refractivity contribution in [3.05, 3.63) is 0 Å². The second-order valence-electron chi connectivity index (χ2n) is 4.33. The minimum absolute atomic E-state index is 0.126. The molecule has 0 aliphatic carbocycles. The molecular formula is C12H23NO3. The maximum absolute atomic E-state index is 11.6. The fraction of sp³-hybridized carbons (Fsp3) is 0.917. The Bertz CT molecular complexity index is 220. The zero-order chi connectivity index (χ0) is 12.0. The molecule has 1 aliphatic rings. The average Bonchev–Trinajstić information content (AvgIpc) is 2.73. The Hall–Kier alpha value is -0.610. The van der Waals surface area contributed by atoms with Crippen LogP contribution in [-0.4, -0.2) is 47.8 Å². The molecule has 2 unspecified atom stereocenters. The lowest BCUT2D eigenvalue weighted by Crippen LogP contribution is -2.43. The summed E-state index contributed by atoms with van der Waals surface area (Å²) in [6.07, 6.45) is 4.06. The molecule has 0 bridgehead atoms. The molecule has 2 atom stereocenters. The number of hydrogen-bond donors (Lipinski definition) is 1. The summed E-state index contributed by atoms with van der Waals surface area (Å²) in [5.74, 6) is -0.126. The monoisotopic (exact) mass is 229 g/mol. The van der Waals surface area contributed by atoms with Crippen molar-refractivity contribution in [2.45, 2.75) is 51.6 Å². The predicted octanol–water partition coefficient (Wildman–Crippen LogP) is 1.17. The van der Waals surface area contributed by atoms with Gasteiger partial charge in [-0.15, -0.1) is 0 Å². The van der Waals surface area contributed by atoms with Crippen LogP contribution >= 0.6 is 0 Å². The molecule has 94 valence electrons. The first-order chi connectivity index (χ1) is 7.70. The van der Waals surface area contributed by atoms with Gasteiger partial charge >= 0.3 is 5.97 Å². The number of aliphatic hydroxyl groups excluding tert-OH is 1. The van der Waals surface area contributed by atoms with Crippen molar-refractivity contribution in [3.63, 3.8) is 0 Å². The summed E-state index contributed by atoms with van der Waals surface area (Å²) in [7, 11) is 0. The number of ether oxygens (including phenoxy) is 1. The fourth-order valence-electron chi connectivity index (χ4n) is 2.40. The topological polar surface area (TPSA) is 49.8 Å². The van der Waals surface area contributed by atoms with E-state index in [1.807, 2.05) is 13.8 Å². The molecule has 1 rings (SSSR count). The van der Waals surface area contributed by atoms with E-state index >= 15 is 0 Å². The lowest BCUT2D eigenvalue weighted by Gasteiger charge is -2.29. The van der Waals surface area contributed by atoms with Gasteiger partial charge in [0.1, 0.15) is 6.04 Å². The molecule has 0 aromatic carbocycles. The third-order valence-corrected chi connectivity index (χ3v) is 3.24. The van der Waals surface area contributed by atoms with Gasteiger partial charge in [0.15, 0.2) is 0 Å². The van der Waals surface area contributed by atoms with E-state index in [1.165, 1.54) is 0 Å². The highest BCUT2D eigenvalue weighted by Gasteiger charge is 2.32. The molecule has 0 amide bonds. The van der Waals surface area contributed by atoms with Gasteiger partial charge in [-0.05, 0) is 46.1 Å². The molecule has 1 fully saturated rings. The van der Waals surface area contributed by atoms with Gasteiger partial charge in [0.2, 0.25) is 0 Å². The fourth-order valence-corrected chi connectivity index (χ4v) is 2.40. The highest BCUT2D eigenvalue weighted by molar-refractivity contribution is 5.75. The van der Waals surface area contributed by atoms with Crippen molar-refractivity contribution >= 4 is 5.97 Å². The molecular weight excluding hydrogens is 206 g/mol. The smallest absolute Gasteiger partial charge is 0.323 e. The molecule has 4 nitrogen and oxygen atoms in total. The number of carbonyl (C=O) groups is 1. The van der Waals surface area contributed by atoms with E-state index in [-0.39, 0.29) is 18.6 Å². The Labute approximate surface area is 97.6 Å². The molecule has 1 saturated heterocycles. The van der Waals surface area contributed by atoms with Crippen LogP contribution in [0, 0.1) is 0 Å². The van der Waals surface area contributed by atoms with Gasteiger partial charge in [-0.3, -0.25) is 9.69 Å². The molecule has 0 spiro atoms. The van der Waals surface area contributed by atoms with Crippen molar-refractivity contribution in [1.82, 2.24) is 4.90 Å². The predicted molar refractivity (Wildman–Crippen MR) is 62.1 cm³/mol. The quantitative estimate of drug-likeness (QED) is 0.695. The zero-order valence-electron chi connectivity index (χ0n) is 10.3. The summed E-state index contributed by atoms with van der Waals surface area (Å²) in [5, 5.41) is 8.83. The zero-order valence-corrected chi connectivity index (χ0v) is 10.3. The second-order valence-corrected chi connectivity index (χ2v) is 4.33. The van der Waals surface area contributed by atoms with Crippen molar-refractivity contribution in [2.24, 2.45) is 0 Å². The minimum atomic E-state index is -0.147. The van der Waals surface area contributed by atoms with E-state index in [2.05, 4.69) is 4.90 Å². The van der Waals surface area contributed by atoms with Gasteiger partial charge in [0.05, 0.1) is 6.61 Å². The van der Waals surface area contributed by atoms with Crippen LogP contribution in [0.1, 0.15) is 39.5 Å². The highest BCUT2D eigenvalue weighted by Crippen LogP contribution is 2.24. The number of hydrogen-bond acceptors (Lipinski definition) is 4. The molecule has 0 aromatic heterocycles. The number of esters is 1. The number of rotatable bonds is 6. The van der Waals surface area contributed by atoms with E-state index in [0.717, 1.165) is 32.2 Å². The molecule has 1 N–H and O–H groups in total. The van der Waals surface area contributed by atoms with E-state index in [9.17, 15) is 4.79 Å². The van der Waals surface area contributed by atoms with Gasteiger partial charge in [-0.2, -0.15) is 0 Å². The molecule has 16 heavy (non-hydrogen) atoms. The van der Waals surface area contributed by atoms with E-state index in [1.54, 1.807) is 0 Å². The normalized spacial score (nSPS) is 23.3. The summed E-state index contributed by atoms with van der Waals surface area (Å²) in [4.78, 5) is 13.9. The summed E-state index contributed by atoms with van der Waals surface area (Å²) in [5.41, 5.74) is 0. The first kappa shape index (κ1) is 13.5. The van der Waals surface area contributed by atoms with Crippen LogP contribution < -0.4 is 0 Å². The van der Waals surface area contributed by atoms with Gasteiger partial charge in [0.25, 0.3) is 0 Å². The van der Waals surface area contributed by atoms with Crippen molar-refractivity contribution in [3.8, 4) is 0 Å². The van der Waals surface area contributed by atoms with E-state index in [0.29, 0.717) is 12.6 Å². The van der Waals surface area contributed by atoms with Crippen LogP contribution in [0.2, 0.25) is 0 Å². The van der Waals surface area contributed by atoms with Gasteiger partial charge < -0.3 is 9.84 Å². The van der Waals surface area contributed by atoms with Crippen LogP contribution in [0.4, 0.5) is 0 Å². The molecule has 4 heteroatoms. The maximum atomic E-state index is 11.6. The summed E-state index contributed by atoms with van der Waals surface area (Å²) in [6, 6.07) is 0.290. The maximum Gasteiger partial charge on any atom is 0.323 e. The Morgan fingerprint density at radius 1 is 1.62 bits per heavy atom. The first-order valence-corrected chi connectivity index (χ1v) is 6.24. The summed E-state index contributed by atoms with van der Waals surface area (Å²) < 4.78 is 5.04. The Morgan fingerprint density at radius 2 is 2.38 bits per heavy atom. The van der Waals surface area contributed by atoms with Crippen LogP contribution in [0.5, 0.6) is 0 Å². The Morgan fingerprint density at radius 3 is 3.00 bits per heavy atom. The molecule has 1 heterocycles. The van der Waals surface area contributed by atoms with Crippen molar-refractivity contribution < 1.29 is 14.6 Å². The standard InChI is InChI=1S/C12H23NO3/c1-3-16-12(15)10(2)13-8-4-6-11(13)7-5-9-14/h10-11,14H,3-9H2,1-2H3. The van der Waals surface area contributed by atoms with Crippen molar-refractivity contribution in [2.75, 3.05) is 19.8 Å². The average molecular weight is 229 g/mol. The highest BCUT2D eigenvalue weighted by atomic mass is 16.5. The number of likely N-dealkylation sites (tertiary alicyclic amines) is 1. The lowest BCUT2D eigenvalue weighted by atomic mass is 10.1. The number of nitrogens with zero attached hydrogens (tertiary/aromatic N) is 1. The Balaban J connectivity index is 2.46. The summed E-state index contributed by atoms with van der Waals surface area (Å²) >= 11 is 0. The van der Waals surface area contributed by atoms with Crippen LogP contribution in [0.25, 0.3) is 0 Å². The second kappa shape index (κ2) is 6.86. The lowest BCUT2D eigenvalue weighted by molar-refractivity contribution is -0.149.